The Bertz CT molecular complexity index is 576. The second kappa shape index (κ2) is 7.47. The van der Waals surface area contributed by atoms with Crippen LogP contribution in [-0.2, 0) is 6.54 Å². The number of nitrogens with one attached hydrogen (secondary N) is 1. The van der Waals surface area contributed by atoms with Gasteiger partial charge >= 0.3 is 6.61 Å². The smallest absolute Gasteiger partial charge is 0.387 e. The Labute approximate surface area is 122 Å². The number of hydrogen-bond acceptors (Lipinski definition) is 3. The highest BCUT2D eigenvalue weighted by Crippen LogP contribution is 2.22. The minimum Gasteiger partial charge on any atom is -0.494 e. The highest BCUT2D eigenvalue weighted by Gasteiger charge is 2.05. The van der Waals surface area contributed by atoms with Crippen molar-refractivity contribution in [3.8, 4) is 11.5 Å². The summed E-state index contributed by atoms with van der Waals surface area (Å²) in [6, 6.07) is 14.2. The summed E-state index contributed by atoms with van der Waals surface area (Å²) in [5.74, 6) is 0.945. The van der Waals surface area contributed by atoms with E-state index in [-0.39, 0.29) is 5.75 Å². The normalized spacial score (nSPS) is 10.5. The third-order valence-electron chi connectivity index (χ3n) is 2.81. The number of para-hydroxylation sites is 1. The van der Waals surface area contributed by atoms with Gasteiger partial charge in [0.15, 0.2) is 0 Å². The lowest BCUT2D eigenvalue weighted by Gasteiger charge is -2.12. The van der Waals surface area contributed by atoms with Crippen molar-refractivity contribution in [3.63, 3.8) is 0 Å². The fourth-order valence-electron chi connectivity index (χ4n) is 1.93. The van der Waals surface area contributed by atoms with Crippen LogP contribution in [0.4, 0.5) is 14.5 Å². The quantitative estimate of drug-likeness (QED) is 0.825. The summed E-state index contributed by atoms with van der Waals surface area (Å²) >= 11 is 0. The van der Waals surface area contributed by atoms with Crippen LogP contribution in [0.15, 0.2) is 48.5 Å². The van der Waals surface area contributed by atoms with Gasteiger partial charge in [0.1, 0.15) is 11.5 Å². The molecule has 112 valence electrons. The Kier molecular flexibility index (Phi) is 5.37. The van der Waals surface area contributed by atoms with Crippen LogP contribution in [0.25, 0.3) is 0 Å². The summed E-state index contributed by atoms with van der Waals surface area (Å²) in [5, 5.41) is 3.17. The van der Waals surface area contributed by atoms with E-state index in [1.54, 1.807) is 12.1 Å². The van der Waals surface area contributed by atoms with Crippen molar-refractivity contribution in [1.82, 2.24) is 0 Å². The molecule has 0 atom stereocenters. The van der Waals surface area contributed by atoms with Crippen LogP contribution in [0, 0.1) is 0 Å². The number of benzene rings is 2. The third kappa shape index (κ3) is 4.63. The molecule has 2 aromatic carbocycles. The minimum atomic E-state index is -2.82. The molecule has 0 bridgehead atoms. The van der Waals surface area contributed by atoms with Crippen molar-refractivity contribution in [1.29, 1.82) is 0 Å². The third-order valence-corrected chi connectivity index (χ3v) is 2.81. The zero-order valence-electron chi connectivity index (χ0n) is 11.7. The van der Waals surface area contributed by atoms with E-state index in [9.17, 15) is 8.78 Å². The SMILES string of the molecule is CCOc1ccccc1CNc1cccc(OC(F)F)c1. The maximum atomic E-state index is 12.2. The van der Waals surface area contributed by atoms with Crippen molar-refractivity contribution < 1.29 is 18.3 Å². The molecule has 2 aromatic rings. The second-order valence-corrected chi connectivity index (χ2v) is 4.30. The van der Waals surface area contributed by atoms with Gasteiger partial charge in [-0.25, -0.2) is 0 Å². The first-order chi connectivity index (χ1) is 10.2. The van der Waals surface area contributed by atoms with Gasteiger partial charge in [-0.15, -0.1) is 0 Å². The fraction of sp³-hybridized carbons (Fsp3) is 0.250. The van der Waals surface area contributed by atoms with Crippen molar-refractivity contribution in [2.75, 3.05) is 11.9 Å². The number of ether oxygens (including phenoxy) is 2. The average Bonchev–Trinajstić information content (AvgIpc) is 2.46. The maximum absolute atomic E-state index is 12.2. The molecule has 0 fully saturated rings. The van der Waals surface area contributed by atoms with E-state index in [1.165, 1.54) is 12.1 Å². The van der Waals surface area contributed by atoms with E-state index in [1.807, 2.05) is 31.2 Å². The number of alkyl halides is 2. The molecule has 0 saturated heterocycles. The zero-order chi connectivity index (χ0) is 15.1. The fourth-order valence-corrected chi connectivity index (χ4v) is 1.93. The summed E-state index contributed by atoms with van der Waals surface area (Å²) in [5.41, 5.74) is 1.71. The van der Waals surface area contributed by atoms with Gasteiger partial charge in [-0.2, -0.15) is 8.78 Å². The van der Waals surface area contributed by atoms with Crippen LogP contribution in [0.3, 0.4) is 0 Å². The lowest BCUT2D eigenvalue weighted by atomic mass is 10.2. The maximum Gasteiger partial charge on any atom is 0.387 e. The molecule has 0 saturated carbocycles. The summed E-state index contributed by atoms with van der Waals surface area (Å²) < 4.78 is 34.3. The Morgan fingerprint density at radius 3 is 2.67 bits per heavy atom. The molecule has 0 unspecified atom stereocenters. The number of anilines is 1. The predicted octanol–water partition coefficient (Wildman–Crippen LogP) is 4.30. The van der Waals surface area contributed by atoms with E-state index in [0.29, 0.717) is 18.8 Å². The molecular weight excluding hydrogens is 276 g/mol. The van der Waals surface area contributed by atoms with Crippen molar-refractivity contribution in [2.45, 2.75) is 20.1 Å². The minimum absolute atomic E-state index is 0.132. The first kappa shape index (κ1) is 15.1. The van der Waals surface area contributed by atoms with Gasteiger partial charge < -0.3 is 14.8 Å². The molecule has 0 radical (unpaired) electrons. The van der Waals surface area contributed by atoms with E-state index < -0.39 is 6.61 Å². The lowest BCUT2D eigenvalue weighted by Crippen LogP contribution is -2.04. The van der Waals surface area contributed by atoms with Crippen LogP contribution in [-0.4, -0.2) is 13.2 Å². The number of hydrogen-bond donors (Lipinski definition) is 1. The molecule has 0 aliphatic rings. The molecule has 0 heterocycles. The molecule has 2 rings (SSSR count). The van der Waals surface area contributed by atoms with Crippen molar-refractivity contribution in [3.05, 3.63) is 54.1 Å². The molecular formula is C16H17F2NO2. The molecule has 3 nitrogen and oxygen atoms in total. The first-order valence-electron chi connectivity index (χ1n) is 6.68. The van der Waals surface area contributed by atoms with Gasteiger partial charge in [-0.3, -0.25) is 0 Å². The second-order valence-electron chi connectivity index (χ2n) is 4.30. The molecule has 0 amide bonds. The number of halogens is 2. The Morgan fingerprint density at radius 2 is 1.90 bits per heavy atom. The first-order valence-corrected chi connectivity index (χ1v) is 6.68. The van der Waals surface area contributed by atoms with Crippen LogP contribution in [0.1, 0.15) is 12.5 Å². The molecule has 21 heavy (non-hydrogen) atoms. The standard InChI is InChI=1S/C16H17F2NO2/c1-2-20-15-9-4-3-6-12(15)11-19-13-7-5-8-14(10-13)21-16(17)18/h3-10,16,19H,2,11H2,1H3. The monoisotopic (exact) mass is 293 g/mol. The van der Waals surface area contributed by atoms with Crippen LogP contribution >= 0.6 is 0 Å². The summed E-state index contributed by atoms with van der Waals surface area (Å²) in [6.07, 6.45) is 0. The molecule has 0 aromatic heterocycles. The van der Waals surface area contributed by atoms with Crippen LogP contribution < -0.4 is 14.8 Å². The van der Waals surface area contributed by atoms with Gasteiger partial charge in [-0.1, -0.05) is 24.3 Å². The van der Waals surface area contributed by atoms with E-state index >= 15 is 0 Å². The largest absolute Gasteiger partial charge is 0.494 e. The van der Waals surface area contributed by atoms with Crippen LogP contribution in [0.5, 0.6) is 11.5 Å². The van der Waals surface area contributed by atoms with E-state index in [4.69, 9.17) is 4.74 Å². The zero-order valence-corrected chi connectivity index (χ0v) is 11.7. The summed E-state index contributed by atoms with van der Waals surface area (Å²) in [6.45, 7) is 0.234. The highest BCUT2D eigenvalue weighted by atomic mass is 19.3. The summed E-state index contributed by atoms with van der Waals surface area (Å²) in [7, 11) is 0. The summed E-state index contributed by atoms with van der Waals surface area (Å²) in [4.78, 5) is 0. The highest BCUT2D eigenvalue weighted by molar-refractivity contribution is 5.49. The predicted molar refractivity (Wildman–Crippen MR) is 78.0 cm³/mol. The van der Waals surface area contributed by atoms with E-state index in [0.717, 1.165) is 11.3 Å². The van der Waals surface area contributed by atoms with Crippen molar-refractivity contribution >= 4 is 5.69 Å². The van der Waals surface area contributed by atoms with E-state index in [2.05, 4.69) is 10.1 Å². The Morgan fingerprint density at radius 1 is 1.10 bits per heavy atom. The Hall–Kier alpha value is -2.30. The number of rotatable bonds is 7. The Balaban J connectivity index is 2.03. The molecule has 5 heteroatoms. The lowest BCUT2D eigenvalue weighted by molar-refractivity contribution is -0.0498. The van der Waals surface area contributed by atoms with Crippen molar-refractivity contribution in [2.24, 2.45) is 0 Å². The molecule has 0 spiro atoms. The molecule has 1 N–H and O–H groups in total. The van der Waals surface area contributed by atoms with Gasteiger partial charge in [0, 0.05) is 23.9 Å². The topological polar surface area (TPSA) is 30.5 Å². The molecule has 0 aliphatic heterocycles. The molecule has 0 aliphatic carbocycles. The van der Waals surface area contributed by atoms with Gasteiger partial charge in [0.2, 0.25) is 0 Å². The van der Waals surface area contributed by atoms with Gasteiger partial charge in [0.05, 0.1) is 6.61 Å². The van der Waals surface area contributed by atoms with Crippen LogP contribution in [0.2, 0.25) is 0 Å². The average molecular weight is 293 g/mol. The van der Waals surface area contributed by atoms with Gasteiger partial charge in [0.25, 0.3) is 0 Å². The van der Waals surface area contributed by atoms with Gasteiger partial charge in [-0.05, 0) is 25.1 Å².